The predicted octanol–water partition coefficient (Wildman–Crippen LogP) is 3.19. The van der Waals surface area contributed by atoms with E-state index in [1.165, 1.54) is 6.26 Å². The average molecular weight is 334 g/mol. The van der Waals surface area contributed by atoms with Crippen molar-refractivity contribution >= 4 is 17.5 Å². The highest BCUT2D eigenvalue weighted by Gasteiger charge is 2.29. The number of hydrogen-bond donors (Lipinski definition) is 1. The Morgan fingerprint density at radius 3 is 2.87 bits per heavy atom. The van der Waals surface area contributed by atoms with Crippen molar-refractivity contribution in [3.05, 3.63) is 41.1 Å². The lowest BCUT2D eigenvalue weighted by atomic mass is 9.91. The molecule has 0 spiro atoms. The summed E-state index contributed by atoms with van der Waals surface area (Å²) in [4.78, 5) is 14.7. The first-order valence-electron chi connectivity index (χ1n) is 7.81. The molecule has 2 N–H and O–H groups in total. The number of piperidine rings is 1. The summed E-state index contributed by atoms with van der Waals surface area (Å²) >= 11 is 5.91. The van der Waals surface area contributed by atoms with Gasteiger partial charge in [-0.3, -0.25) is 4.79 Å². The molecule has 1 aliphatic heterocycles. The van der Waals surface area contributed by atoms with E-state index < -0.39 is 0 Å². The Balaban J connectivity index is 1.83. The van der Waals surface area contributed by atoms with Gasteiger partial charge in [0.1, 0.15) is 17.5 Å². The minimum Gasteiger partial charge on any atom is -0.363 e. The molecule has 0 radical (unpaired) electrons. The topological polar surface area (TPSA) is 72.4 Å². The molecule has 2 atom stereocenters. The smallest absolute Gasteiger partial charge is 0.259 e. The quantitative estimate of drug-likeness (QED) is 0.936. The number of carbonyl (C=O) groups is 1. The molecule has 5 nitrogen and oxygen atoms in total. The third-order valence-electron chi connectivity index (χ3n) is 4.41. The summed E-state index contributed by atoms with van der Waals surface area (Å²) in [5, 5.41) is 4.64. The highest BCUT2D eigenvalue weighted by molar-refractivity contribution is 6.30. The molecule has 23 heavy (non-hydrogen) atoms. The van der Waals surface area contributed by atoms with Crippen LogP contribution in [0.3, 0.4) is 0 Å². The Kier molecular flexibility index (Phi) is 4.68. The SMILES string of the molecule is C[C@@H](N)[C@H]1CCCN(C(=O)c2conc2-c2ccc(Cl)cc2)C1. The fourth-order valence-electron chi connectivity index (χ4n) is 3.00. The number of rotatable bonds is 3. The molecule has 6 heteroatoms. The minimum absolute atomic E-state index is 0.0541. The van der Waals surface area contributed by atoms with Gasteiger partial charge < -0.3 is 15.2 Å². The number of amides is 1. The highest BCUT2D eigenvalue weighted by atomic mass is 35.5. The van der Waals surface area contributed by atoms with Crippen molar-refractivity contribution in [2.24, 2.45) is 11.7 Å². The standard InChI is InChI=1S/C17H20ClN3O2/c1-11(19)13-3-2-8-21(9-13)17(22)15-10-23-20-16(15)12-4-6-14(18)7-5-12/h4-7,10-11,13H,2-3,8-9,19H2,1H3/t11-,13+/m1/s1. The molecule has 2 heterocycles. The molecule has 0 bridgehead atoms. The van der Waals surface area contributed by atoms with Gasteiger partial charge >= 0.3 is 0 Å². The summed E-state index contributed by atoms with van der Waals surface area (Å²) in [6, 6.07) is 7.29. The largest absolute Gasteiger partial charge is 0.363 e. The molecule has 1 aromatic carbocycles. The van der Waals surface area contributed by atoms with Gasteiger partial charge in [-0.15, -0.1) is 0 Å². The minimum atomic E-state index is -0.0541. The van der Waals surface area contributed by atoms with Crippen LogP contribution in [0.1, 0.15) is 30.1 Å². The molecule has 1 amide bonds. The summed E-state index contributed by atoms with van der Waals surface area (Å²) in [7, 11) is 0. The van der Waals surface area contributed by atoms with Crippen molar-refractivity contribution in [2.75, 3.05) is 13.1 Å². The molecule has 1 aromatic heterocycles. The van der Waals surface area contributed by atoms with Gasteiger partial charge in [0.25, 0.3) is 5.91 Å². The molecule has 1 saturated heterocycles. The van der Waals surface area contributed by atoms with Crippen LogP contribution >= 0.6 is 11.6 Å². The van der Waals surface area contributed by atoms with Gasteiger partial charge in [0.05, 0.1) is 0 Å². The number of nitrogens with two attached hydrogens (primary N) is 1. The van der Waals surface area contributed by atoms with Crippen molar-refractivity contribution in [2.45, 2.75) is 25.8 Å². The zero-order chi connectivity index (χ0) is 16.4. The third kappa shape index (κ3) is 3.41. The van der Waals surface area contributed by atoms with Gasteiger partial charge in [-0.25, -0.2) is 0 Å². The van der Waals surface area contributed by atoms with E-state index in [1.54, 1.807) is 12.1 Å². The summed E-state index contributed by atoms with van der Waals surface area (Å²) in [5.74, 6) is 0.285. The normalized spacial score (nSPS) is 19.6. The van der Waals surface area contributed by atoms with E-state index in [0.29, 0.717) is 28.7 Å². The Labute approximate surface area is 140 Å². The lowest BCUT2D eigenvalue weighted by Gasteiger charge is -2.34. The molecule has 0 saturated carbocycles. The van der Waals surface area contributed by atoms with Crippen LogP contribution in [0.4, 0.5) is 0 Å². The van der Waals surface area contributed by atoms with Gasteiger partial charge in [-0.2, -0.15) is 0 Å². The number of hydrogen-bond acceptors (Lipinski definition) is 4. The Morgan fingerprint density at radius 1 is 1.43 bits per heavy atom. The second-order valence-corrected chi connectivity index (χ2v) is 6.53. The molecule has 0 aliphatic carbocycles. The molecule has 122 valence electrons. The molecule has 1 fully saturated rings. The molecular weight excluding hydrogens is 314 g/mol. The molecule has 0 unspecified atom stereocenters. The fraction of sp³-hybridized carbons (Fsp3) is 0.412. The van der Waals surface area contributed by atoms with E-state index in [0.717, 1.165) is 24.9 Å². The predicted molar refractivity (Wildman–Crippen MR) is 89.2 cm³/mol. The van der Waals surface area contributed by atoms with E-state index in [-0.39, 0.29) is 11.9 Å². The lowest BCUT2D eigenvalue weighted by molar-refractivity contribution is 0.0661. The number of benzene rings is 1. The van der Waals surface area contributed by atoms with Crippen LogP contribution in [0.25, 0.3) is 11.3 Å². The second-order valence-electron chi connectivity index (χ2n) is 6.10. The lowest BCUT2D eigenvalue weighted by Crippen LogP contribution is -2.45. The molecular formula is C17H20ClN3O2. The monoisotopic (exact) mass is 333 g/mol. The zero-order valence-corrected chi connectivity index (χ0v) is 13.8. The van der Waals surface area contributed by atoms with Crippen LogP contribution in [0.15, 0.2) is 35.1 Å². The summed E-state index contributed by atoms with van der Waals surface area (Å²) in [5.41, 5.74) is 7.85. The zero-order valence-electron chi connectivity index (χ0n) is 13.0. The first kappa shape index (κ1) is 16.0. The first-order chi connectivity index (χ1) is 11.1. The van der Waals surface area contributed by atoms with Crippen molar-refractivity contribution in [3.8, 4) is 11.3 Å². The van der Waals surface area contributed by atoms with E-state index in [4.69, 9.17) is 21.9 Å². The molecule has 1 aliphatic rings. The van der Waals surface area contributed by atoms with Crippen LogP contribution in [0.5, 0.6) is 0 Å². The number of aromatic nitrogens is 1. The molecule has 2 aromatic rings. The van der Waals surface area contributed by atoms with Crippen LogP contribution in [0, 0.1) is 5.92 Å². The van der Waals surface area contributed by atoms with Crippen LogP contribution in [-0.2, 0) is 0 Å². The highest BCUT2D eigenvalue weighted by Crippen LogP contribution is 2.27. The summed E-state index contributed by atoms with van der Waals surface area (Å²) in [6.45, 7) is 3.42. The van der Waals surface area contributed by atoms with E-state index in [1.807, 2.05) is 24.0 Å². The third-order valence-corrected chi connectivity index (χ3v) is 4.66. The number of carbonyl (C=O) groups excluding carboxylic acids is 1. The van der Waals surface area contributed by atoms with Crippen LogP contribution in [0.2, 0.25) is 5.02 Å². The molecule has 3 rings (SSSR count). The maximum atomic E-state index is 12.8. The number of halogens is 1. The Bertz CT molecular complexity index is 681. The van der Waals surface area contributed by atoms with Crippen molar-refractivity contribution < 1.29 is 9.32 Å². The Morgan fingerprint density at radius 2 is 2.17 bits per heavy atom. The fourth-order valence-corrected chi connectivity index (χ4v) is 3.12. The van der Waals surface area contributed by atoms with Gasteiger partial charge in [0.15, 0.2) is 0 Å². The average Bonchev–Trinajstić information content (AvgIpc) is 3.04. The number of nitrogens with zero attached hydrogens (tertiary/aromatic N) is 2. The van der Waals surface area contributed by atoms with Crippen LogP contribution in [-0.4, -0.2) is 35.1 Å². The van der Waals surface area contributed by atoms with Crippen molar-refractivity contribution in [1.82, 2.24) is 10.1 Å². The Hall–Kier alpha value is -1.85. The van der Waals surface area contributed by atoms with E-state index >= 15 is 0 Å². The van der Waals surface area contributed by atoms with Gasteiger partial charge in [0, 0.05) is 29.7 Å². The first-order valence-corrected chi connectivity index (χ1v) is 8.19. The van der Waals surface area contributed by atoms with Crippen LogP contribution < -0.4 is 5.73 Å². The van der Waals surface area contributed by atoms with Gasteiger partial charge in [-0.05, 0) is 37.8 Å². The summed E-state index contributed by atoms with van der Waals surface area (Å²) < 4.78 is 5.06. The van der Waals surface area contributed by atoms with Crippen molar-refractivity contribution in [3.63, 3.8) is 0 Å². The maximum absolute atomic E-state index is 12.8. The van der Waals surface area contributed by atoms with E-state index in [9.17, 15) is 4.79 Å². The van der Waals surface area contributed by atoms with Gasteiger partial charge in [-0.1, -0.05) is 28.9 Å². The van der Waals surface area contributed by atoms with E-state index in [2.05, 4.69) is 5.16 Å². The van der Waals surface area contributed by atoms with Gasteiger partial charge in [0.2, 0.25) is 0 Å². The second kappa shape index (κ2) is 6.72. The summed E-state index contributed by atoms with van der Waals surface area (Å²) in [6.07, 6.45) is 3.45. The van der Waals surface area contributed by atoms with Crippen molar-refractivity contribution in [1.29, 1.82) is 0 Å². The maximum Gasteiger partial charge on any atom is 0.259 e. The number of likely N-dealkylation sites (tertiary alicyclic amines) is 1.